The van der Waals surface area contributed by atoms with Crippen molar-refractivity contribution in [1.29, 1.82) is 0 Å². The minimum atomic E-state index is 0.461. The average Bonchev–Trinajstić information content (AvgIpc) is 2.01. The van der Waals surface area contributed by atoms with Gasteiger partial charge in [-0.05, 0) is 31.7 Å². The highest BCUT2D eigenvalue weighted by Gasteiger charge is 2.28. The first kappa shape index (κ1) is 11.9. The highest BCUT2D eigenvalue weighted by atomic mass is 32.1. The first-order valence-electron chi connectivity index (χ1n) is 5.43. The third kappa shape index (κ3) is 3.54. The number of piperidine rings is 1. The molecule has 0 aliphatic carbocycles. The molecule has 1 rings (SSSR count). The van der Waals surface area contributed by atoms with E-state index in [-0.39, 0.29) is 0 Å². The predicted molar refractivity (Wildman–Crippen MR) is 65.5 cm³/mol. The van der Waals surface area contributed by atoms with Crippen LogP contribution in [0.15, 0.2) is 0 Å². The SMILES string of the molecule is CC(CC(N)=S)N1CCCC(C)(C)C1. The van der Waals surface area contributed by atoms with Gasteiger partial charge in [-0.15, -0.1) is 0 Å². The van der Waals surface area contributed by atoms with Gasteiger partial charge in [0.2, 0.25) is 0 Å². The van der Waals surface area contributed by atoms with Gasteiger partial charge in [0, 0.05) is 19.0 Å². The number of hydrogen-bond donors (Lipinski definition) is 1. The van der Waals surface area contributed by atoms with Crippen LogP contribution in [0, 0.1) is 5.41 Å². The third-order valence-electron chi connectivity index (χ3n) is 3.05. The summed E-state index contributed by atoms with van der Waals surface area (Å²) in [6.45, 7) is 9.28. The van der Waals surface area contributed by atoms with Gasteiger partial charge in [-0.25, -0.2) is 0 Å². The number of rotatable bonds is 3. The molecule has 1 unspecified atom stereocenters. The zero-order valence-corrected chi connectivity index (χ0v) is 10.4. The summed E-state index contributed by atoms with van der Waals surface area (Å²) in [6, 6.07) is 0.507. The van der Waals surface area contributed by atoms with Crippen LogP contribution in [-0.2, 0) is 0 Å². The molecule has 1 saturated heterocycles. The van der Waals surface area contributed by atoms with Gasteiger partial charge in [0.15, 0.2) is 0 Å². The lowest BCUT2D eigenvalue weighted by molar-refractivity contribution is 0.0873. The Morgan fingerprint density at radius 3 is 2.71 bits per heavy atom. The van der Waals surface area contributed by atoms with Gasteiger partial charge in [0.25, 0.3) is 0 Å². The van der Waals surface area contributed by atoms with E-state index in [0.29, 0.717) is 16.4 Å². The molecule has 1 atom stereocenters. The van der Waals surface area contributed by atoms with Crippen molar-refractivity contribution in [2.45, 2.75) is 46.1 Å². The van der Waals surface area contributed by atoms with Crippen LogP contribution in [0.25, 0.3) is 0 Å². The Kier molecular flexibility index (Phi) is 3.90. The van der Waals surface area contributed by atoms with E-state index in [0.717, 1.165) is 6.42 Å². The summed E-state index contributed by atoms with van der Waals surface area (Å²) in [5, 5.41) is 0. The van der Waals surface area contributed by atoms with Crippen LogP contribution < -0.4 is 5.73 Å². The molecule has 3 heteroatoms. The molecular weight excluding hydrogens is 192 g/mol. The van der Waals surface area contributed by atoms with Gasteiger partial charge in [-0.3, -0.25) is 4.90 Å². The summed E-state index contributed by atoms with van der Waals surface area (Å²) in [4.78, 5) is 3.16. The standard InChI is InChI=1S/C11H22N2S/c1-9(7-10(12)14)13-6-4-5-11(2,3)8-13/h9H,4-8H2,1-3H3,(H2,12,14). The minimum Gasteiger partial charge on any atom is -0.393 e. The van der Waals surface area contributed by atoms with Gasteiger partial charge >= 0.3 is 0 Å². The summed E-state index contributed by atoms with van der Waals surface area (Å²) in [5.74, 6) is 0. The molecule has 0 spiro atoms. The monoisotopic (exact) mass is 214 g/mol. The summed E-state index contributed by atoms with van der Waals surface area (Å²) < 4.78 is 0. The van der Waals surface area contributed by atoms with Crippen LogP contribution in [0.3, 0.4) is 0 Å². The van der Waals surface area contributed by atoms with Gasteiger partial charge in [0.05, 0.1) is 4.99 Å². The molecule has 0 saturated carbocycles. The van der Waals surface area contributed by atoms with Crippen molar-refractivity contribution in [2.75, 3.05) is 13.1 Å². The second-order valence-electron chi connectivity index (χ2n) is 5.26. The van der Waals surface area contributed by atoms with Crippen molar-refractivity contribution in [3.05, 3.63) is 0 Å². The van der Waals surface area contributed by atoms with Crippen LogP contribution in [0.1, 0.15) is 40.0 Å². The van der Waals surface area contributed by atoms with Crippen LogP contribution in [0.5, 0.6) is 0 Å². The summed E-state index contributed by atoms with van der Waals surface area (Å²) >= 11 is 4.95. The van der Waals surface area contributed by atoms with E-state index in [1.807, 2.05) is 0 Å². The number of hydrogen-bond acceptors (Lipinski definition) is 2. The molecule has 1 heterocycles. The topological polar surface area (TPSA) is 29.3 Å². The number of nitrogens with two attached hydrogens (primary N) is 1. The molecule has 0 aromatic carbocycles. The zero-order chi connectivity index (χ0) is 10.8. The van der Waals surface area contributed by atoms with Crippen molar-refractivity contribution in [1.82, 2.24) is 4.90 Å². The maximum Gasteiger partial charge on any atom is 0.0742 e. The highest BCUT2D eigenvalue weighted by molar-refractivity contribution is 7.80. The van der Waals surface area contributed by atoms with E-state index in [4.69, 9.17) is 18.0 Å². The third-order valence-corrected chi connectivity index (χ3v) is 3.22. The Morgan fingerprint density at radius 1 is 1.57 bits per heavy atom. The largest absolute Gasteiger partial charge is 0.393 e. The molecule has 82 valence electrons. The molecule has 0 radical (unpaired) electrons. The maximum absolute atomic E-state index is 5.57. The Labute approximate surface area is 92.8 Å². The van der Waals surface area contributed by atoms with Gasteiger partial charge in [0.1, 0.15) is 0 Å². The van der Waals surface area contributed by atoms with E-state index in [1.54, 1.807) is 0 Å². The van der Waals surface area contributed by atoms with Crippen LogP contribution >= 0.6 is 12.2 Å². The second kappa shape index (κ2) is 4.58. The number of likely N-dealkylation sites (tertiary alicyclic amines) is 1. The van der Waals surface area contributed by atoms with Crippen molar-refractivity contribution in [3.63, 3.8) is 0 Å². The van der Waals surface area contributed by atoms with Gasteiger partial charge in [-0.1, -0.05) is 26.1 Å². The fourth-order valence-electron chi connectivity index (χ4n) is 2.27. The smallest absolute Gasteiger partial charge is 0.0742 e. The fourth-order valence-corrected chi connectivity index (χ4v) is 2.51. The van der Waals surface area contributed by atoms with Crippen molar-refractivity contribution in [2.24, 2.45) is 11.1 Å². The van der Waals surface area contributed by atoms with E-state index < -0.39 is 0 Å². The first-order chi connectivity index (χ1) is 6.41. The zero-order valence-electron chi connectivity index (χ0n) is 9.55. The first-order valence-corrected chi connectivity index (χ1v) is 5.84. The predicted octanol–water partition coefficient (Wildman–Crippen LogP) is 2.17. The Hall–Kier alpha value is -0.150. The van der Waals surface area contributed by atoms with E-state index in [1.165, 1.54) is 25.9 Å². The highest BCUT2D eigenvalue weighted by Crippen LogP contribution is 2.29. The second-order valence-corrected chi connectivity index (χ2v) is 5.78. The van der Waals surface area contributed by atoms with Crippen molar-refractivity contribution >= 4 is 17.2 Å². The molecular formula is C11H22N2S. The van der Waals surface area contributed by atoms with Crippen LogP contribution in [0.2, 0.25) is 0 Å². The Balaban J connectivity index is 2.47. The normalized spacial score (nSPS) is 24.5. The van der Waals surface area contributed by atoms with Crippen molar-refractivity contribution in [3.8, 4) is 0 Å². The van der Waals surface area contributed by atoms with E-state index >= 15 is 0 Å². The summed E-state index contributed by atoms with van der Waals surface area (Å²) in [7, 11) is 0. The van der Waals surface area contributed by atoms with Crippen molar-refractivity contribution < 1.29 is 0 Å². The lowest BCUT2D eigenvalue weighted by Gasteiger charge is -2.41. The molecule has 0 amide bonds. The molecule has 1 fully saturated rings. The van der Waals surface area contributed by atoms with E-state index in [2.05, 4.69) is 25.7 Å². The quantitative estimate of drug-likeness (QED) is 0.730. The molecule has 0 bridgehead atoms. The van der Waals surface area contributed by atoms with Crippen LogP contribution in [-0.4, -0.2) is 29.0 Å². The molecule has 2 N–H and O–H groups in total. The Morgan fingerprint density at radius 2 is 2.21 bits per heavy atom. The van der Waals surface area contributed by atoms with Crippen LogP contribution in [0.4, 0.5) is 0 Å². The average molecular weight is 214 g/mol. The van der Waals surface area contributed by atoms with Gasteiger partial charge < -0.3 is 5.73 Å². The Bertz CT molecular complexity index is 213. The number of thiocarbonyl (C=S) groups is 1. The molecule has 0 aromatic heterocycles. The number of nitrogens with zero attached hydrogens (tertiary/aromatic N) is 1. The fraction of sp³-hybridized carbons (Fsp3) is 0.909. The van der Waals surface area contributed by atoms with E-state index in [9.17, 15) is 0 Å². The maximum atomic E-state index is 5.57. The van der Waals surface area contributed by atoms with Gasteiger partial charge in [-0.2, -0.15) is 0 Å². The summed E-state index contributed by atoms with van der Waals surface area (Å²) in [6.07, 6.45) is 3.49. The minimum absolute atomic E-state index is 0.461. The molecule has 1 aliphatic rings. The molecule has 0 aromatic rings. The lowest BCUT2D eigenvalue weighted by Crippen LogP contribution is -2.45. The summed E-state index contributed by atoms with van der Waals surface area (Å²) in [5.41, 5.74) is 6.03. The molecule has 14 heavy (non-hydrogen) atoms. The molecule has 2 nitrogen and oxygen atoms in total. The molecule has 1 aliphatic heterocycles. The lowest BCUT2D eigenvalue weighted by atomic mass is 9.83.